The van der Waals surface area contributed by atoms with Crippen LogP contribution >= 0.6 is 0 Å². The molecule has 5 nitrogen and oxygen atoms in total. The maximum absolute atomic E-state index is 11.0. The van der Waals surface area contributed by atoms with Crippen molar-refractivity contribution in [1.29, 1.82) is 0 Å². The lowest BCUT2D eigenvalue weighted by Crippen LogP contribution is -2.27. The quantitative estimate of drug-likeness (QED) is 0.643. The van der Waals surface area contributed by atoms with E-state index >= 15 is 0 Å². The smallest absolute Gasteiger partial charge is 0.221 e. The van der Waals surface area contributed by atoms with Crippen molar-refractivity contribution >= 4 is 5.91 Å². The summed E-state index contributed by atoms with van der Waals surface area (Å²) in [4.78, 5) is 14.8. The maximum Gasteiger partial charge on any atom is 0.221 e. The van der Waals surface area contributed by atoms with Crippen LogP contribution in [0.2, 0.25) is 0 Å². The molecular weight excluding hydrogens is 182 g/mol. The molecule has 0 aliphatic carbocycles. The standard InChI is InChI=1S/C9H15N3O2/c1-2-12-9(13)3-4-10-5-8-6-11-7-14-8/h6-7,10H,2-5H2,1H3,(H,12,13). The Kier molecular flexibility index (Phi) is 4.71. The average Bonchev–Trinajstić information content (AvgIpc) is 2.65. The molecule has 1 aromatic rings. The highest BCUT2D eigenvalue weighted by Gasteiger charge is 1.99. The van der Waals surface area contributed by atoms with Crippen molar-refractivity contribution in [3.05, 3.63) is 18.4 Å². The number of hydrogen-bond donors (Lipinski definition) is 2. The number of hydrogen-bond acceptors (Lipinski definition) is 4. The lowest BCUT2D eigenvalue weighted by Gasteiger charge is -2.02. The monoisotopic (exact) mass is 197 g/mol. The molecule has 1 aromatic heterocycles. The lowest BCUT2D eigenvalue weighted by atomic mass is 10.4. The minimum absolute atomic E-state index is 0.0672. The highest BCUT2D eigenvalue weighted by molar-refractivity contribution is 5.75. The summed E-state index contributed by atoms with van der Waals surface area (Å²) in [5.74, 6) is 0.846. The van der Waals surface area contributed by atoms with E-state index in [0.29, 0.717) is 26.1 Å². The minimum Gasteiger partial charge on any atom is -0.447 e. The van der Waals surface area contributed by atoms with Crippen LogP contribution in [-0.2, 0) is 11.3 Å². The fourth-order valence-corrected chi connectivity index (χ4v) is 1.03. The number of carbonyl (C=O) groups is 1. The molecule has 1 amide bonds. The lowest BCUT2D eigenvalue weighted by molar-refractivity contribution is -0.120. The van der Waals surface area contributed by atoms with Gasteiger partial charge in [-0.2, -0.15) is 0 Å². The third kappa shape index (κ3) is 4.04. The summed E-state index contributed by atoms with van der Waals surface area (Å²) < 4.78 is 5.01. The summed E-state index contributed by atoms with van der Waals surface area (Å²) >= 11 is 0. The topological polar surface area (TPSA) is 67.2 Å². The van der Waals surface area contributed by atoms with Crippen LogP contribution < -0.4 is 10.6 Å². The van der Waals surface area contributed by atoms with Crippen LogP contribution in [0.4, 0.5) is 0 Å². The van der Waals surface area contributed by atoms with Crippen molar-refractivity contribution < 1.29 is 9.21 Å². The van der Waals surface area contributed by atoms with Crippen molar-refractivity contribution in [3.63, 3.8) is 0 Å². The van der Waals surface area contributed by atoms with Crippen LogP contribution in [0.1, 0.15) is 19.1 Å². The molecule has 0 saturated heterocycles. The van der Waals surface area contributed by atoms with E-state index in [1.807, 2.05) is 6.92 Å². The molecule has 1 rings (SSSR count). The fraction of sp³-hybridized carbons (Fsp3) is 0.556. The Bertz CT molecular complexity index is 259. The first-order valence-corrected chi connectivity index (χ1v) is 4.67. The Balaban J connectivity index is 2.02. The van der Waals surface area contributed by atoms with Gasteiger partial charge < -0.3 is 15.1 Å². The van der Waals surface area contributed by atoms with Gasteiger partial charge in [-0.05, 0) is 6.92 Å². The maximum atomic E-state index is 11.0. The molecule has 0 atom stereocenters. The van der Waals surface area contributed by atoms with E-state index in [9.17, 15) is 4.79 Å². The van der Waals surface area contributed by atoms with Gasteiger partial charge in [0.15, 0.2) is 6.39 Å². The van der Waals surface area contributed by atoms with Crippen LogP contribution in [-0.4, -0.2) is 24.0 Å². The van der Waals surface area contributed by atoms with Gasteiger partial charge in [-0.3, -0.25) is 4.79 Å². The van der Waals surface area contributed by atoms with Crippen LogP contribution in [0, 0.1) is 0 Å². The first-order chi connectivity index (χ1) is 6.83. The highest BCUT2D eigenvalue weighted by atomic mass is 16.3. The summed E-state index contributed by atoms with van der Waals surface area (Å²) in [5, 5.41) is 5.81. The SMILES string of the molecule is CCNC(=O)CCNCc1cnco1. The molecule has 14 heavy (non-hydrogen) atoms. The second-order valence-electron chi connectivity index (χ2n) is 2.85. The van der Waals surface area contributed by atoms with Crippen LogP contribution in [0.25, 0.3) is 0 Å². The number of carbonyl (C=O) groups excluding carboxylic acids is 1. The van der Waals surface area contributed by atoms with Crippen molar-refractivity contribution in [2.45, 2.75) is 19.9 Å². The molecule has 2 N–H and O–H groups in total. The Hall–Kier alpha value is -1.36. The summed E-state index contributed by atoms with van der Waals surface area (Å²) in [6.07, 6.45) is 3.53. The van der Waals surface area contributed by atoms with Crippen molar-refractivity contribution in [3.8, 4) is 0 Å². The first kappa shape index (κ1) is 10.7. The highest BCUT2D eigenvalue weighted by Crippen LogP contribution is 1.94. The van der Waals surface area contributed by atoms with Gasteiger partial charge in [-0.1, -0.05) is 0 Å². The van der Waals surface area contributed by atoms with Crippen LogP contribution in [0.3, 0.4) is 0 Å². The van der Waals surface area contributed by atoms with Crippen molar-refractivity contribution in [2.75, 3.05) is 13.1 Å². The fourth-order valence-electron chi connectivity index (χ4n) is 1.03. The first-order valence-electron chi connectivity index (χ1n) is 4.67. The zero-order valence-electron chi connectivity index (χ0n) is 8.25. The third-order valence-electron chi connectivity index (χ3n) is 1.69. The van der Waals surface area contributed by atoms with Gasteiger partial charge in [0.1, 0.15) is 5.76 Å². The predicted octanol–water partition coefficient (Wildman–Crippen LogP) is 0.290. The third-order valence-corrected chi connectivity index (χ3v) is 1.69. The zero-order valence-corrected chi connectivity index (χ0v) is 8.25. The minimum atomic E-state index is 0.0672. The Morgan fingerprint density at radius 2 is 2.50 bits per heavy atom. The second-order valence-corrected chi connectivity index (χ2v) is 2.85. The normalized spacial score (nSPS) is 10.1. The second kappa shape index (κ2) is 6.15. The summed E-state index contributed by atoms with van der Waals surface area (Å²) in [5.41, 5.74) is 0. The van der Waals surface area contributed by atoms with E-state index in [4.69, 9.17) is 4.42 Å². The number of rotatable bonds is 6. The van der Waals surface area contributed by atoms with Gasteiger partial charge in [-0.25, -0.2) is 4.98 Å². The Labute approximate surface area is 82.9 Å². The number of aromatic nitrogens is 1. The van der Waals surface area contributed by atoms with Crippen LogP contribution in [0.15, 0.2) is 17.0 Å². The number of nitrogens with one attached hydrogen (secondary N) is 2. The van der Waals surface area contributed by atoms with Crippen LogP contribution in [0.5, 0.6) is 0 Å². The number of nitrogens with zero attached hydrogens (tertiary/aromatic N) is 1. The van der Waals surface area contributed by atoms with Gasteiger partial charge in [0.05, 0.1) is 12.7 Å². The van der Waals surface area contributed by atoms with Gasteiger partial charge in [-0.15, -0.1) is 0 Å². The van der Waals surface area contributed by atoms with E-state index < -0.39 is 0 Å². The summed E-state index contributed by atoms with van der Waals surface area (Å²) in [6, 6.07) is 0. The molecule has 1 heterocycles. The summed E-state index contributed by atoms with van der Waals surface area (Å²) in [7, 11) is 0. The molecular formula is C9H15N3O2. The summed E-state index contributed by atoms with van der Waals surface area (Å²) in [6.45, 7) is 3.84. The van der Waals surface area contributed by atoms with E-state index in [2.05, 4.69) is 15.6 Å². The Morgan fingerprint density at radius 3 is 3.14 bits per heavy atom. The largest absolute Gasteiger partial charge is 0.447 e. The van der Waals surface area contributed by atoms with E-state index in [-0.39, 0.29) is 5.91 Å². The molecule has 0 aliphatic heterocycles. The zero-order chi connectivity index (χ0) is 10.2. The molecule has 5 heteroatoms. The van der Waals surface area contributed by atoms with Gasteiger partial charge in [0.2, 0.25) is 5.91 Å². The van der Waals surface area contributed by atoms with Crippen molar-refractivity contribution in [1.82, 2.24) is 15.6 Å². The van der Waals surface area contributed by atoms with Gasteiger partial charge in [0.25, 0.3) is 0 Å². The molecule has 78 valence electrons. The van der Waals surface area contributed by atoms with E-state index in [0.717, 1.165) is 5.76 Å². The van der Waals surface area contributed by atoms with Gasteiger partial charge in [0, 0.05) is 19.5 Å². The molecule has 0 unspecified atom stereocenters. The van der Waals surface area contributed by atoms with E-state index in [1.54, 1.807) is 6.20 Å². The molecule has 0 saturated carbocycles. The molecule has 0 radical (unpaired) electrons. The molecule has 0 fully saturated rings. The molecule has 0 aromatic carbocycles. The number of amides is 1. The molecule has 0 bridgehead atoms. The Morgan fingerprint density at radius 1 is 1.64 bits per heavy atom. The molecule has 0 spiro atoms. The van der Waals surface area contributed by atoms with Gasteiger partial charge >= 0.3 is 0 Å². The average molecular weight is 197 g/mol. The van der Waals surface area contributed by atoms with E-state index in [1.165, 1.54) is 6.39 Å². The van der Waals surface area contributed by atoms with Crippen molar-refractivity contribution in [2.24, 2.45) is 0 Å². The predicted molar refractivity (Wildman–Crippen MR) is 51.5 cm³/mol. The molecule has 0 aliphatic rings. The number of oxazole rings is 1.